The highest BCUT2D eigenvalue weighted by molar-refractivity contribution is 5.85. The van der Waals surface area contributed by atoms with Gasteiger partial charge in [0.1, 0.15) is 6.54 Å². The van der Waals surface area contributed by atoms with E-state index in [-0.39, 0.29) is 17.8 Å². The fourth-order valence-electron chi connectivity index (χ4n) is 2.10. The maximum absolute atomic E-state index is 11.9. The van der Waals surface area contributed by atoms with Crippen LogP contribution in [-0.4, -0.2) is 37.3 Å². The van der Waals surface area contributed by atoms with Gasteiger partial charge >= 0.3 is 0 Å². The maximum Gasteiger partial charge on any atom is 0.270 e. The zero-order chi connectivity index (χ0) is 19.2. The Morgan fingerprint density at radius 2 is 2.04 bits per heavy atom. The molecule has 11 heteroatoms. The van der Waals surface area contributed by atoms with E-state index in [0.717, 1.165) is 34.8 Å². The summed E-state index contributed by atoms with van der Waals surface area (Å²) in [6, 6.07) is 12.4. The fraction of sp³-hybridized carbons (Fsp3) is 0.0625. The van der Waals surface area contributed by atoms with Crippen LogP contribution in [0.5, 0.6) is 5.75 Å². The highest BCUT2D eigenvalue weighted by Gasteiger charge is 2.09. The summed E-state index contributed by atoms with van der Waals surface area (Å²) in [5, 5.41) is 37.7. The van der Waals surface area contributed by atoms with Gasteiger partial charge in [0.15, 0.2) is 0 Å². The second-order valence-corrected chi connectivity index (χ2v) is 5.28. The minimum Gasteiger partial charge on any atom is -0.872 e. The molecule has 3 rings (SSSR count). The van der Waals surface area contributed by atoms with Crippen LogP contribution >= 0.6 is 0 Å². The van der Waals surface area contributed by atoms with Gasteiger partial charge in [-0.05, 0) is 10.8 Å². The highest BCUT2D eigenvalue weighted by Crippen LogP contribution is 2.19. The van der Waals surface area contributed by atoms with Crippen LogP contribution in [0.3, 0.4) is 0 Å². The second kappa shape index (κ2) is 7.82. The lowest BCUT2D eigenvalue weighted by atomic mass is 10.2. The van der Waals surface area contributed by atoms with E-state index in [0.29, 0.717) is 5.82 Å². The average Bonchev–Trinajstić information content (AvgIpc) is 3.12. The molecular weight excluding hydrogens is 354 g/mol. The first kappa shape index (κ1) is 17.7. The van der Waals surface area contributed by atoms with Gasteiger partial charge in [-0.2, -0.15) is 9.90 Å². The van der Waals surface area contributed by atoms with Crippen LogP contribution in [0.4, 0.5) is 5.69 Å². The van der Waals surface area contributed by atoms with E-state index in [4.69, 9.17) is 0 Å². The lowest BCUT2D eigenvalue weighted by Crippen LogP contribution is -2.24. The van der Waals surface area contributed by atoms with Crippen molar-refractivity contribution in [1.29, 1.82) is 0 Å². The molecule has 1 N–H and O–H groups in total. The number of benzene rings is 2. The molecule has 11 nitrogen and oxygen atoms in total. The number of nitrogens with one attached hydrogen (secondary N) is 1. The maximum atomic E-state index is 11.9. The Bertz CT molecular complexity index is 1000. The van der Waals surface area contributed by atoms with Crippen molar-refractivity contribution in [1.82, 2.24) is 25.6 Å². The highest BCUT2D eigenvalue weighted by atomic mass is 16.6. The van der Waals surface area contributed by atoms with Crippen molar-refractivity contribution in [2.75, 3.05) is 0 Å². The number of carbonyl (C=O) groups is 1. The summed E-state index contributed by atoms with van der Waals surface area (Å²) in [7, 11) is 0. The number of hydrogen-bond acceptors (Lipinski definition) is 8. The molecule has 0 saturated heterocycles. The first-order valence-electron chi connectivity index (χ1n) is 7.63. The summed E-state index contributed by atoms with van der Waals surface area (Å²) in [6.07, 6.45) is 1.04. The molecule has 0 radical (unpaired) electrons. The predicted octanol–water partition coefficient (Wildman–Crippen LogP) is 0.472. The molecule has 2 aromatic carbocycles. The first-order chi connectivity index (χ1) is 13.0. The van der Waals surface area contributed by atoms with E-state index in [2.05, 4.69) is 25.9 Å². The lowest BCUT2D eigenvalue weighted by molar-refractivity contribution is -0.385. The number of nitro benzene ring substituents is 1. The second-order valence-electron chi connectivity index (χ2n) is 5.28. The van der Waals surface area contributed by atoms with Gasteiger partial charge in [0, 0.05) is 17.7 Å². The number of carbonyl (C=O) groups excluding carboxylic acids is 1. The van der Waals surface area contributed by atoms with E-state index >= 15 is 0 Å². The molecule has 0 fully saturated rings. The Morgan fingerprint density at radius 3 is 2.78 bits per heavy atom. The van der Waals surface area contributed by atoms with Gasteiger partial charge in [-0.1, -0.05) is 42.1 Å². The molecule has 0 saturated carbocycles. The molecule has 136 valence electrons. The van der Waals surface area contributed by atoms with Crippen molar-refractivity contribution in [3.63, 3.8) is 0 Å². The Morgan fingerprint density at radius 1 is 1.26 bits per heavy atom. The molecule has 1 heterocycles. The molecule has 0 atom stereocenters. The summed E-state index contributed by atoms with van der Waals surface area (Å²) in [5.41, 5.74) is 2.69. The van der Waals surface area contributed by atoms with E-state index in [1.54, 1.807) is 0 Å². The Labute approximate surface area is 152 Å². The molecule has 0 bridgehead atoms. The van der Waals surface area contributed by atoms with Gasteiger partial charge in [-0.25, -0.2) is 5.43 Å². The number of aromatic nitrogens is 4. The zero-order valence-electron chi connectivity index (χ0n) is 13.7. The van der Waals surface area contributed by atoms with E-state index < -0.39 is 16.6 Å². The van der Waals surface area contributed by atoms with Crippen molar-refractivity contribution >= 4 is 17.8 Å². The summed E-state index contributed by atoms with van der Waals surface area (Å²) in [4.78, 5) is 23.1. The van der Waals surface area contributed by atoms with E-state index in [1.165, 1.54) is 0 Å². The Balaban J connectivity index is 1.60. The third kappa shape index (κ3) is 4.48. The van der Waals surface area contributed by atoms with Gasteiger partial charge < -0.3 is 5.11 Å². The molecular formula is C16H12N7O4-. The largest absolute Gasteiger partial charge is 0.872 e. The number of nitrogens with zero attached hydrogens (tertiary/aromatic N) is 6. The SMILES string of the molecule is O=C(Cn1nnc(-c2ccccc2)n1)N/N=C\c1cc([N+](=O)[O-])ccc1[O-]. The summed E-state index contributed by atoms with van der Waals surface area (Å²) >= 11 is 0. The number of hydrazone groups is 1. The number of amides is 1. The first-order valence-corrected chi connectivity index (χ1v) is 7.63. The molecule has 27 heavy (non-hydrogen) atoms. The van der Waals surface area contributed by atoms with Crippen LogP contribution in [0.15, 0.2) is 53.6 Å². The molecule has 0 aliphatic rings. The topological polar surface area (TPSA) is 151 Å². The molecule has 0 unspecified atom stereocenters. The van der Waals surface area contributed by atoms with E-state index in [9.17, 15) is 20.0 Å². The van der Waals surface area contributed by atoms with Crippen LogP contribution in [0, 0.1) is 10.1 Å². The van der Waals surface area contributed by atoms with Gasteiger partial charge in [0.05, 0.1) is 11.1 Å². The smallest absolute Gasteiger partial charge is 0.270 e. The molecule has 3 aromatic rings. The fourth-order valence-corrected chi connectivity index (χ4v) is 2.10. The Kier molecular flexibility index (Phi) is 5.12. The number of hydrogen-bond donors (Lipinski definition) is 1. The van der Waals surface area contributed by atoms with Crippen LogP contribution < -0.4 is 10.5 Å². The standard InChI is InChI=1S/C16H13N7O4/c24-14-7-6-13(23(26)27)8-12(14)9-17-18-15(25)10-22-20-16(19-21-22)11-4-2-1-3-5-11/h1-9,24H,10H2,(H,18,25)/p-1/b17-9-. The van der Waals surface area contributed by atoms with Crippen molar-refractivity contribution < 1.29 is 14.8 Å². The monoisotopic (exact) mass is 366 g/mol. The van der Waals surface area contributed by atoms with Crippen LogP contribution in [0.1, 0.15) is 5.56 Å². The van der Waals surface area contributed by atoms with Gasteiger partial charge in [0.2, 0.25) is 5.82 Å². The molecule has 0 aliphatic heterocycles. The third-order valence-electron chi connectivity index (χ3n) is 3.37. The molecule has 1 aromatic heterocycles. The summed E-state index contributed by atoms with van der Waals surface area (Å²) < 4.78 is 0. The third-order valence-corrected chi connectivity index (χ3v) is 3.37. The Hall–Kier alpha value is -4.15. The van der Waals surface area contributed by atoms with Crippen molar-refractivity contribution in [3.8, 4) is 17.1 Å². The van der Waals surface area contributed by atoms with Crippen LogP contribution in [-0.2, 0) is 11.3 Å². The molecule has 0 spiro atoms. The van der Waals surface area contributed by atoms with Crippen LogP contribution in [0.25, 0.3) is 11.4 Å². The minimum atomic E-state index is -0.629. The number of tetrazole rings is 1. The summed E-state index contributed by atoms with van der Waals surface area (Å²) in [5.74, 6) is -0.635. The van der Waals surface area contributed by atoms with Gasteiger partial charge in [0.25, 0.3) is 11.6 Å². The van der Waals surface area contributed by atoms with Crippen LogP contribution in [0.2, 0.25) is 0 Å². The van der Waals surface area contributed by atoms with Gasteiger partial charge in [-0.15, -0.1) is 10.2 Å². The number of nitro groups is 1. The predicted molar refractivity (Wildman–Crippen MR) is 91.5 cm³/mol. The average molecular weight is 366 g/mol. The van der Waals surface area contributed by atoms with Crippen molar-refractivity contribution in [2.45, 2.75) is 6.54 Å². The molecule has 0 aliphatic carbocycles. The van der Waals surface area contributed by atoms with Crippen molar-refractivity contribution in [2.24, 2.45) is 5.10 Å². The summed E-state index contributed by atoms with van der Waals surface area (Å²) in [6.45, 7) is -0.240. The molecule has 1 amide bonds. The minimum absolute atomic E-state index is 0.0188. The van der Waals surface area contributed by atoms with Crippen molar-refractivity contribution in [3.05, 3.63) is 64.2 Å². The number of non-ortho nitro benzene ring substituents is 1. The number of rotatable bonds is 6. The van der Waals surface area contributed by atoms with E-state index in [1.807, 2.05) is 30.3 Å². The quantitative estimate of drug-likeness (QED) is 0.378. The zero-order valence-corrected chi connectivity index (χ0v) is 13.7. The lowest BCUT2D eigenvalue weighted by Gasteiger charge is -2.08. The normalized spacial score (nSPS) is 10.8. The van der Waals surface area contributed by atoms with Gasteiger partial charge in [-0.3, -0.25) is 14.9 Å².